The van der Waals surface area contributed by atoms with Gasteiger partial charge in [-0.1, -0.05) is 17.7 Å². The number of fused-ring (bicyclic) bond motifs is 1. The van der Waals surface area contributed by atoms with Gasteiger partial charge >= 0.3 is 0 Å². The molecule has 0 radical (unpaired) electrons. The fourth-order valence-corrected chi connectivity index (χ4v) is 3.41. The van der Waals surface area contributed by atoms with E-state index in [9.17, 15) is 0 Å². The van der Waals surface area contributed by atoms with E-state index in [1.54, 1.807) is 7.11 Å². The van der Waals surface area contributed by atoms with Crippen molar-refractivity contribution < 1.29 is 4.74 Å². The van der Waals surface area contributed by atoms with Crippen molar-refractivity contribution >= 4 is 28.7 Å². The van der Waals surface area contributed by atoms with Crippen LogP contribution in [0.3, 0.4) is 0 Å². The number of aryl methyl sites for hydroxylation is 2. The number of nitrogens with zero attached hydrogens (tertiary/aromatic N) is 1. The summed E-state index contributed by atoms with van der Waals surface area (Å²) in [7, 11) is 1.64. The molecular weight excluding hydrogens is 330 g/mol. The van der Waals surface area contributed by atoms with E-state index in [0.29, 0.717) is 5.11 Å². The van der Waals surface area contributed by atoms with Crippen molar-refractivity contribution in [3.63, 3.8) is 0 Å². The third-order valence-corrected chi connectivity index (χ3v) is 4.58. The van der Waals surface area contributed by atoms with Crippen LogP contribution in [-0.4, -0.2) is 17.9 Å². The van der Waals surface area contributed by atoms with Crippen molar-refractivity contribution in [3.05, 3.63) is 58.7 Å². The zero-order valence-corrected chi connectivity index (χ0v) is 15.7. The number of ether oxygens (including phenoxy) is 1. The van der Waals surface area contributed by atoms with Gasteiger partial charge in [-0.15, -0.1) is 0 Å². The molecule has 2 aromatic carbocycles. The van der Waals surface area contributed by atoms with Crippen molar-refractivity contribution in [2.24, 2.45) is 5.10 Å². The predicted octanol–water partition coefficient (Wildman–Crippen LogP) is 4.34. The number of rotatable bonds is 3. The van der Waals surface area contributed by atoms with Gasteiger partial charge in [0.2, 0.25) is 0 Å². The Labute approximate surface area is 154 Å². The minimum Gasteiger partial charge on any atom is -0.497 e. The molecule has 0 bridgehead atoms. The van der Waals surface area contributed by atoms with Crippen LogP contribution >= 0.6 is 12.2 Å². The van der Waals surface area contributed by atoms with Crippen LogP contribution < -0.4 is 15.5 Å². The van der Waals surface area contributed by atoms with E-state index in [0.717, 1.165) is 36.4 Å². The second kappa shape index (κ2) is 7.66. The topological polar surface area (TPSA) is 45.6 Å². The normalized spacial score (nSPS) is 14.8. The maximum atomic E-state index is 5.36. The minimum absolute atomic E-state index is 0.470. The number of hydrogen-bond acceptors (Lipinski definition) is 3. The highest BCUT2D eigenvalue weighted by Crippen LogP contribution is 2.26. The first-order valence-corrected chi connectivity index (χ1v) is 8.86. The highest BCUT2D eigenvalue weighted by molar-refractivity contribution is 7.80. The number of anilines is 1. The van der Waals surface area contributed by atoms with Gasteiger partial charge < -0.3 is 10.1 Å². The molecule has 0 amide bonds. The first kappa shape index (κ1) is 17.4. The molecule has 1 aliphatic carbocycles. The first-order valence-electron chi connectivity index (χ1n) is 8.45. The number of nitrogens with one attached hydrogen (secondary N) is 2. The third kappa shape index (κ3) is 4.17. The van der Waals surface area contributed by atoms with E-state index in [1.165, 1.54) is 22.3 Å². The molecule has 0 saturated carbocycles. The van der Waals surface area contributed by atoms with Gasteiger partial charge in [-0.2, -0.15) is 5.10 Å². The van der Waals surface area contributed by atoms with Gasteiger partial charge in [0.1, 0.15) is 5.75 Å². The lowest BCUT2D eigenvalue weighted by Gasteiger charge is -2.21. The van der Waals surface area contributed by atoms with E-state index >= 15 is 0 Å². The Bertz CT molecular complexity index is 830. The molecule has 0 unspecified atom stereocenters. The van der Waals surface area contributed by atoms with Crippen molar-refractivity contribution in [2.75, 3.05) is 12.4 Å². The number of thiocarbonyl (C=S) groups is 1. The lowest BCUT2D eigenvalue weighted by molar-refractivity contribution is 0.415. The molecule has 3 rings (SSSR count). The van der Waals surface area contributed by atoms with Gasteiger partial charge in [0.05, 0.1) is 12.8 Å². The maximum absolute atomic E-state index is 5.36. The average Bonchev–Trinajstić information content (AvgIpc) is 2.60. The number of hydrazone groups is 1. The Morgan fingerprint density at radius 2 is 2.00 bits per heavy atom. The summed E-state index contributed by atoms with van der Waals surface area (Å²) in [6.07, 6.45) is 3.20. The van der Waals surface area contributed by atoms with E-state index in [1.807, 2.05) is 24.3 Å². The van der Waals surface area contributed by atoms with Gasteiger partial charge in [-0.3, -0.25) is 5.43 Å². The van der Waals surface area contributed by atoms with Gasteiger partial charge in [0.25, 0.3) is 0 Å². The molecule has 5 heteroatoms. The fourth-order valence-electron chi connectivity index (χ4n) is 3.25. The Morgan fingerprint density at radius 3 is 2.80 bits per heavy atom. The van der Waals surface area contributed by atoms with Crippen LogP contribution in [0.2, 0.25) is 0 Å². The second-order valence-electron chi connectivity index (χ2n) is 6.32. The van der Waals surface area contributed by atoms with Crippen molar-refractivity contribution in [1.29, 1.82) is 0 Å². The van der Waals surface area contributed by atoms with E-state index in [-0.39, 0.29) is 0 Å². The highest BCUT2D eigenvalue weighted by Gasteiger charge is 2.18. The molecule has 0 heterocycles. The number of hydrogen-bond donors (Lipinski definition) is 2. The van der Waals surface area contributed by atoms with E-state index in [2.05, 4.69) is 41.8 Å². The SMILES string of the molecule is COc1cccc(NC(=S)N/N=C2/CCCc3c(C)cc(C)cc32)c1. The van der Waals surface area contributed by atoms with Gasteiger partial charge in [0, 0.05) is 17.3 Å². The summed E-state index contributed by atoms with van der Waals surface area (Å²) in [5.41, 5.74) is 10.2. The molecule has 130 valence electrons. The Morgan fingerprint density at radius 1 is 1.16 bits per heavy atom. The summed E-state index contributed by atoms with van der Waals surface area (Å²) in [6, 6.07) is 12.1. The summed E-state index contributed by atoms with van der Waals surface area (Å²) in [5, 5.41) is 8.18. The zero-order chi connectivity index (χ0) is 17.8. The number of benzene rings is 2. The van der Waals surface area contributed by atoms with Crippen LogP contribution in [0.1, 0.15) is 35.1 Å². The Balaban J connectivity index is 1.73. The van der Waals surface area contributed by atoms with Crippen LogP contribution in [0.5, 0.6) is 5.75 Å². The first-order chi connectivity index (χ1) is 12.1. The average molecular weight is 353 g/mol. The predicted molar refractivity (Wildman–Crippen MR) is 108 cm³/mol. The molecule has 0 aliphatic heterocycles. The van der Waals surface area contributed by atoms with Crippen LogP contribution in [0.4, 0.5) is 5.69 Å². The molecule has 0 spiro atoms. The van der Waals surface area contributed by atoms with Crippen molar-refractivity contribution in [2.45, 2.75) is 33.1 Å². The summed E-state index contributed by atoms with van der Waals surface area (Å²) in [6.45, 7) is 4.30. The zero-order valence-electron chi connectivity index (χ0n) is 14.8. The van der Waals surface area contributed by atoms with Crippen LogP contribution in [0.25, 0.3) is 0 Å². The lowest BCUT2D eigenvalue weighted by Crippen LogP contribution is -2.26. The molecule has 0 saturated heterocycles. The molecule has 4 nitrogen and oxygen atoms in total. The Kier molecular flexibility index (Phi) is 5.34. The van der Waals surface area contributed by atoms with Gasteiger partial charge in [-0.05, 0) is 74.7 Å². The number of methoxy groups -OCH3 is 1. The molecule has 25 heavy (non-hydrogen) atoms. The summed E-state index contributed by atoms with van der Waals surface area (Å²) in [4.78, 5) is 0. The monoisotopic (exact) mass is 353 g/mol. The smallest absolute Gasteiger partial charge is 0.191 e. The lowest BCUT2D eigenvalue weighted by atomic mass is 9.86. The molecule has 0 atom stereocenters. The van der Waals surface area contributed by atoms with Gasteiger partial charge in [-0.25, -0.2) is 0 Å². The molecule has 0 fully saturated rings. The highest BCUT2D eigenvalue weighted by atomic mass is 32.1. The van der Waals surface area contributed by atoms with Gasteiger partial charge in [0.15, 0.2) is 5.11 Å². The van der Waals surface area contributed by atoms with Crippen LogP contribution in [0, 0.1) is 13.8 Å². The molecule has 2 aromatic rings. The summed E-state index contributed by atoms with van der Waals surface area (Å²) < 4.78 is 5.22. The van der Waals surface area contributed by atoms with Crippen molar-refractivity contribution in [3.8, 4) is 5.75 Å². The quantitative estimate of drug-likeness (QED) is 0.636. The molecule has 2 N–H and O–H groups in total. The van der Waals surface area contributed by atoms with Crippen molar-refractivity contribution in [1.82, 2.24) is 5.43 Å². The van der Waals surface area contributed by atoms with E-state index in [4.69, 9.17) is 17.0 Å². The van der Waals surface area contributed by atoms with Crippen LogP contribution in [-0.2, 0) is 6.42 Å². The third-order valence-electron chi connectivity index (χ3n) is 4.39. The summed E-state index contributed by atoms with van der Waals surface area (Å²) in [5.74, 6) is 0.784. The second-order valence-corrected chi connectivity index (χ2v) is 6.73. The van der Waals surface area contributed by atoms with E-state index < -0.39 is 0 Å². The standard InChI is InChI=1S/C20H23N3OS/c1-13-10-14(2)17-8-5-9-19(18(17)11-13)22-23-20(25)21-15-6-4-7-16(12-15)24-3/h4,6-7,10-12H,5,8-9H2,1-3H3,(H2,21,23,25)/b22-19-. The molecule has 0 aromatic heterocycles. The summed E-state index contributed by atoms with van der Waals surface area (Å²) >= 11 is 5.36. The van der Waals surface area contributed by atoms with Crippen LogP contribution in [0.15, 0.2) is 41.5 Å². The molecular formula is C20H23N3OS. The maximum Gasteiger partial charge on any atom is 0.191 e. The fraction of sp³-hybridized carbons (Fsp3) is 0.300. The minimum atomic E-state index is 0.470. The largest absolute Gasteiger partial charge is 0.497 e. The Hall–Kier alpha value is -2.40. The molecule has 1 aliphatic rings.